The summed E-state index contributed by atoms with van der Waals surface area (Å²) in [7, 11) is 4.29. The molecule has 4 heterocycles. The van der Waals surface area contributed by atoms with Crippen molar-refractivity contribution in [2.24, 2.45) is 0 Å². The lowest BCUT2D eigenvalue weighted by molar-refractivity contribution is -0.660. The van der Waals surface area contributed by atoms with Crippen molar-refractivity contribution in [1.29, 1.82) is 0 Å². The van der Waals surface area contributed by atoms with Crippen molar-refractivity contribution in [3.8, 4) is 0 Å². The minimum Gasteiger partial charge on any atom is -1.00 e. The Morgan fingerprint density at radius 3 is 1.26 bits per heavy atom. The molecule has 0 atom stereocenters. The van der Waals surface area contributed by atoms with Gasteiger partial charge < -0.3 is 43.8 Å². The molecule has 8 rings (SSSR count). The molecule has 0 aliphatic carbocycles. The summed E-state index contributed by atoms with van der Waals surface area (Å²) in [6.07, 6.45) is 4.45. The Bertz CT molecular complexity index is 2230. The average molecular weight is 913 g/mol. The van der Waals surface area contributed by atoms with E-state index in [-0.39, 0.29) is 34.0 Å². The largest absolute Gasteiger partial charge is 1.00 e. The van der Waals surface area contributed by atoms with E-state index in [1.54, 1.807) is 22.7 Å². The summed E-state index contributed by atoms with van der Waals surface area (Å²) in [5.74, 6) is 2.14. The van der Waals surface area contributed by atoms with Crippen LogP contribution in [0.3, 0.4) is 0 Å². The van der Waals surface area contributed by atoms with Crippen molar-refractivity contribution in [3.05, 3.63) is 168 Å². The van der Waals surface area contributed by atoms with Crippen molar-refractivity contribution < 1.29 is 43.1 Å². The fourth-order valence-corrected chi connectivity index (χ4v) is 10.2. The molecule has 0 spiro atoms. The number of hydrogen-bond donors (Lipinski definition) is 0. The molecule has 0 radical (unpaired) electrons. The summed E-state index contributed by atoms with van der Waals surface area (Å²) in [5.41, 5.74) is 7.47. The maximum absolute atomic E-state index is 2.37. The molecule has 0 amide bonds. The lowest BCUT2D eigenvalue weighted by Crippen LogP contribution is -3.00. The van der Waals surface area contributed by atoms with Crippen LogP contribution in [0.25, 0.3) is 20.4 Å². The highest BCUT2D eigenvalue weighted by Crippen LogP contribution is 2.33. The fourth-order valence-electron chi connectivity index (χ4n) is 6.58. The quantitative estimate of drug-likeness (QED) is 0.0897. The first-order valence-electron chi connectivity index (χ1n) is 17.4. The van der Waals surface area contributed by atoms with Gasteiger partial charge in [-0.3, -0.25) is 0 Å². The molecule has 54 heavy (non-hydrogen) atoms. The van der Waals surface area contributed by atoms with Crippen LogP contribution in [0.5, 0.6) is 0 Å². The molecule has 0 aliphatic rings. The van der Waals surface area contributed by atoms with Crippen molar-refractivity contribution in [2.45, 2.75) is 22.9 Å². The van der Waals surface area contributed by atoms with Crippen LogP contribution in [0.4, 0.5) is 22.7 Å². The van der Waals surface area contributed by atoms with Gasteiger partial charge in [0.25, 0.3) is 9.66 Å². The summed E-state index contributed by atoms with van der Waals surface area (Å²) in [5, 5.41) is 6.97. The summed E-state index contributed by atoms with van der Waals surface area (Å²) in [4.78, 5) is 9.78. The molecule has 10 heteroatoms. The van der Waals surface area contributed by atoms with Crippen LogP contribution >= 0.6 is 46.2 Å². The molecule has 4 aromatic heterocycles. The smallest absolute Gasteiger partial charge is 0.271 e. The van der Waals surface area contributed by atoms with Gasteiger partial charge >= 0.3 is 0 Å². The number of aromatic nitrogens is 2. The van der Waals surface area contributed by atoms with Crippen LogP contribution in [-0.4, -0.2) is 25.6 Å². The number of thioether (sulfide) groups is 2. The maximum atomic E-state index is 2.37. The van der Waals surface area contributed by atoms with E-state index < -0.39 is 0 Å². The van der Waals surface area contributed by atoms with Gasteiger partial charge in [0, 0.05) is 70.0 Å². The third kappa shape index (κ3) is 9.07. The van der Waals surface area contributed by atoms with Crippen LogP contribution in [0.15, 0.2) is 166 Å². The first-order valence-corrected chi connectivity index (χ1v) is 21.1. The second-order valence-electron chi connectivity index (χ2n) is 12.7. The standard InChI is InChI=1S/C44H40N4S4.2BrH/c1-45(35-9-5-3-6-10-35)41-21-25-47(43-39(41)23-27-51-43)31-33-13-17-37(18-14-33)49-29-30-50-38-19-15-34(16-20-38)32-48-26-22-42(40-24-28-52-44(40)48)46(2)36-11-7-4-8-12-36;;/h3-28H,29-32H2,1-2H3;2*1H/q+2;;/p-2. The number of pyridine rings is 2. The Balaban J connectivity index is 0.00000249. The zero-order chi connectivity index (χ0) is 35.3. The summed E-state index contributed by atoms with van der Waals surface area (Å²) >= 11 is 7.48. The van der Waals surface area contributed by atoms with Gasteiger partial charge in [-0.1, -0.05) is 83.3 Å². The molecule has 0 N–H and O–H groups in total. The second kappa shape index (κ2) is 18.8. The molecule has 4 nitrogen and oxygen atoms in total. The first kappa shape index (κ1) is 40.0. The Kier molecular flexibility index (Phi) is 13.9. The van der Waals surface area contributed by atoms with Crippen molar-refractivity contribution in [3.63, 3.8) is 0 Å². The number of hydrogen-bond acceptors (Lipinski definition) is 6. The van der Waals surface area contributed by atoms with E-state index in [1.165, 1.54) is 64.1 Å². The third-order valence-electron chi connectivity index (χ3n) is 9.37. The van der Waals surface area contributed by atoms with Crippen molar-refractivity contribution in [2.75, 3.05) is 35.4 Å². The van der Waals surface area contributed by atoms with Crippen LogP contribution in [-0.2, 0) is 13.1 Å². The highest BCUT2D eigenvalue weighted by Gasteiger charge is 2.19. The molecule has 0 saturated carbocycles. The predicted octanol–water partition coefficient (Wildman–Crippen LogP) is 5.22. The Labute approximate surface area is 355 Å². The SMILES string of the molecule is CN(c1ccccc1)c1cc[n+](Cc2ccc(SCCSc3ccc(C[n+]4ccc(N(C)c5ccccc5)c5ccsc54)cc3)cc2)c2sccc12.[Br-].[Br-]. The van der Waals surface area contributed by atoms with Gasteiger partial charge in [-0.25, -0.2) is 0 Å². The van der Waals surface area contributed by atoms with E-state index in [1.807, 2.05) is 23.5 Å². The normalized spacial score (nSPS) is 10.9. The van der Waals surface area contributed by atoms with Crippen molar-refractivity contribution in [1.82, 2.24) is 0 Å². The number of thiophene rings is 2. The molecule has 274 valence electrons. The molecule has 0 saturated heterocycles. The van der Waals surface area contributed by atoms with Crippen LogP contribution < -0.4 is 52.9 Å². The zero-order valence-electron chi connectivity index (χ0n) is 30.0. The van der Waals surface area contributed by atoms with Gasteiger partial charge in [-0.05, 0) is 71.4 Å². The summed E-state index contributed by atoms with van der Waals surface area (Å²) in [6, 6.07) is 48.3. The van der Waals surface area contributed by atoms with E-state index in [9.17, 15) is 0 Å². The molecule has 0 fully saturated rings. The minimum absolute atomic E-state index is 0. The number of benzene rings is 4. The van der Waals surface area contributed by atoms with Gasteiger partial charge in [-0.2, -0.15) is 9.13 Å². The number of anilines is 4. The van der Waals surface area contributed by atoms with E-state index in [4.69, 9.17) is 0 Å². The first-order chi connectivity index (χ1) is 25.6. The molecular formula is C44H40Br2N4S4. The Hall–Kier alpha value is -3.64. The van der Waals surface area contributed by atoms with Crippen molar-refractivity contribution >= 4 is 89.4 Å². The molecule has 0 aliphatic heterocycles. The van der Waals surface area contributed by atoms with Gasteiger partial charge in [0.15, 0.2) is 25.5 Å². The number of halogens is 2. The summed E-state index contributed by atoms with van der Waals surface area (Å²) < 4.78 is 4.74. The van der Waals surface area contributed by atoms with E-state index >= 15 is 0 Å². The van der Waals surface area contributed by atoms with Crippen LogP contribution in [0.1, 0.15) is 11.1 Å². The lowest BCUT2D eigenvalue weighted by Gasteiger charge is -2.19. The van der Waals surface area contributed by atoms with Gasteiger partial charge in [0.1, 0.15) is 0 Å². The molecule has 4 aromatic carbocycles. The molecule has 0 unspecified atom stereocenters. The number of rotatable bonds is 13. The maximum Gasteiger partial charge on any atom is 0.271 e. The van der Waals surface area contributed by atoms with E-state index in [2.05, 4.69) is 190 Å². The molecular weight excluding hydrogens is 873 g/mol. The second-order valence-corrected chi connectivity index (χ2v) is 16.8. The monoisotopic (exact) mass is 910 g/mol. The fraction of sp³-hybridized carbons (Fsp3) is 0.136. The van der Waals surface area contributed by atoms with Gasteiger partial charge in [0.2, 0.25) is 0 Å². The average Bonchev–Trinajstić information content (AvgIpc) is 3.90. The van der Waals surface area contributed by atoms with Crippen LogP contribution in [0, 0.1) is 0 Å². The number of nitrogens with zero attached hydrogens (tertiary/aromatic N) is 4. The third-order valence-corrected chi connectivity index (χ3v) is 13.6. The number of para-hydroxylation sites is 2. The van der Waals surface area contributed by atoms with E-state index in [0.717, 1.165) is 24.6 Å². The highest BCUT2D eigenvalue weighted by molar-refractivity contribution is 8.03. The Morgan fingerprint density at radius 1 is 0.481 bits per heavy atom. The van der Waals surface area contributed by atoms with Crippen LogP contribution in [0.2, 0.25) is 0 Å². The van der Waals surface area contributed by atoms with E-state index in [0.29, 0.717) is 0 Å². The Morgan fingerprint density at radius 2 is 0.870 bits per heavy atom. The topological polar surface area (TPSA) is 14.2 Å². The lowest BCUT2D eigenvalue weighted by atomic mass is 10.2. The predicted molar refractivity (Wildman–Crippen MR) is 226 cm³/mol. The minimum atomic E-state index is 0. The van der Waals surface area contributed by atoms with Gasteiger partial charge in [-0.15, -0.1) is 23.5 Å². The molecule has 8 aromatic rings. The summed E-state index contributed by atoms with van der Waals surface area (Å²) in [6.45, 7) is 1.72. The molecule has 0 bridgehead atoms. The zero-order valence-corrected chi connectivity index (χ0v) is 36.5. The highest BCUT2D eigenvalue weighted by atomic mass is 79.9. The van der Waals surface area contributed by atoms with Gasteiger partial charge in [0.05, 0.1) is 22.1 Å². The number of fused-ring (bicyclic) bond motifs is 2.